The van der Waals surface area contributed by atoms with Gasteiger partial charge in [-0.3, -0.25) is 9.48 Å². The zero-order valence-corrected chi connectivity index (χ0v) is 15.5. The second-order valence-corrected chi connectivity index (χ2v) is 7.06. The van der Waals surface area contributed by atoms with E-state index in [0.717, 1.165) is 43.0 Å². The van der Waals surface area contributed by atoms with Gasteiger partial charge in [0, 0.05) is 24.7 Å². The molecule has 136 valence electrons. The molecule has 0 bridgehead atoms. The molecule has 0 aromatic carbocycles. The van der Waals surface area contributed by atoms with Crippen molar-refractivity contribution in [2.24, 2.45) is 0 Å². The number of likely N-dealkylation sites (tertiary alicyclic amines) is 1. The summed E-state index contributed by atoms with van der Waals surface area (Å²) in [4.78, 5) is 19.1. The second kappa shape index (κ2) is 7.37. The number of carbonyl (C=O) groups is 1. The molecule has 0 saturated carbocycles. The molecule has 0 aliphatic carbocycles. The predicted octanol–water partition coefficient (Wildman–Crippen LogP) is 2.80. The van der Waals surface area contributed by atoms with Gasteiger partial charge in [-0.05, 0) is 39.2 Å². The fourth-order valence-electron chi connectivity index (χ4n) is 3.26. The minimum absolute atomic E-state index is 0.0950. The van der Waals surface area contributed by atoms with Crippen LogP contribution in [0.4, 0.5) is 0 Å². The molecule has 1 saturated heterocycles. The molecular weight excluding hydrogens is 318 g/mol. The van der Waals surface area contributed by atoms with Gasteiger partial charge in [0.2, 0.25) is 11.8 Å². The first kappa shape index (κ1) is 17.6. The average molecular weight is 345 g/mol. The largest absolute Gasteiger partial charge is 0.340 e. The van der Waals surface area contributed by atoms with Crippen molar-refractivity contribution >= 4 is 5.91 Å². The van der Waals surface area contributed by atoms with Crippen molar-refractivity contribution in [1.29, 1.82) is 0 Å². The lowest BCUT2D eigenvalue weighted by Gasteiger charge is -2.31. The van der Waals surface area contributed by atoms with E-state index in [9.17, 15) is 4.79 Å². The molecule has 2 aromatic rings. The number of carbonyl (C=O) groups excluding carboxylic acids is 1. The van der Waals surface area contributed by atoms with Gasteiger partial charge in [0.25, 0.3) is 0 Å². The number of piperidine rings is 1. The van der Waals surface area contributed by atoms with Crippen LogP contribution in [0.1, 0.15) is 68.0 Å². The summed E-state index contributed by atoms with van der Waals surface area (Å²) in [5.41, 5.74) is 1.94. The number of hydrogen-bond acceptors (Lipinski definition) is 5. The lowest BCUT2D eigenvalue weighted by molar-refractivity contribution is -0.133. The summed E-state index contributed by atoms with van der Waals surface area (Å²) < 4.78 is 7.25. The normalized spacial score (nSPS) is 19.2. The Bertz CT molecular complexity index is 736. The minimum atomic E-state index is 0.0950. The van der Waals surface area contributed by atoms with Gasteiger partial charge in [0.15, 0.2) is 5.82 Å². The van der Waals surface area contributed by atoms with Gasteiger partial charge >= 0.3 is 0 Å². The van der Waals surface area contributed by atoms with E-state index in [1.165, 1.54) is 0 Å². The lowest BCUT2D eigenvalue weighted by Crippen LogP contribution is -2.41. The molecular formula is C18H27N5O2. The summed E-state index contributed by atoms with van der Waals surface area (Å²) in [5.74, 6) is 1.95. The summed E-state index contributed by atoms with van der Waals surface area (Å²) in [6, 6.07) is 1.99. The topological polar surface area (TPSA) is 77.0 Å². The highest BCUT2D eigenvalue weighted by Crippen LogP contribution is 2.27. The van der Waals surface area contributed by atoms with E-state index in [-0.39, 0.29) is 18.4 Å². The average Bonchev–Trinajstić information content (AvgIpc) is 3.21. The summed E-state index contributed by atoms with van der Waals surface area (Å²) in [7, 11) is 0. The molecule has 1 amide bonds. The molecule has 2 atom stereocenters. The number of amides is 1. The first-order valence-corrected chi connectivity index (χ1v) is 9.10. The SMILES string of the molecule is CC[C@@H](C)c1noc([C@H]2CCCN(C(=O)Cn3nc(C)cc3C)C2)n1. The Hall–Kier alpha value is -2.18. The van der Waals surface area contributed by atoms with Crippen LogP contribution < -0.4 is 0 Å². The van der Waals surface area contributed by atoms with Crippen LogP contribution in [0.5, 0.6) is 0 Å². The Morgan fingerprint density at radius 3 is 2.92 bits per heavy atom. The summed E-state index contributed by atoms with van der Waals surface area (Å²) in [6.45, 7) is 9.83. The lowest BCUT2D eigenvalue weighted by atomic mass is 9.98. The van der Waals surface area contributed by atoms with E-state index in [4.69, 9.17) is 4.52 Å². The monoisotopic (exact) mass is 345 g/mol. The molecule has 0 unspecified atom stereocenters. The van der Waals surface area contributed by atoms with Gasteiger partial charge in [0.05, 0.1) is 11.6 Å². The second-order valence-electron chi connectivity index (χ2n) is 7.06. The molecule has 1 aliphatic heterocycles. The zero-order valence-electron chi connectivity index (χ0n) is 15.5. The standard InChI is InChI=1S/C18H27N5O2/c1-5-12(2)17-19-18(25-21-17)15-7-6-8-22(10-15)16(24)11-23-14(4)9-13(3)20-23/h9,12,15H,5-8,10-11H2,1-4H3/t12-,15+/m1/s1. The molecule has 25 heavy (non-hydrogen) atoms. The van der Waals surface area contributed by atoms with E-state index in [1.54, 1.807) is 4.68 Å². The molecule has 7 heteroatoms. The highest BCUT2D eigenvalue weighted by atomic mass is 16.5. The number of aromatic nitrogens is 4. The fraction of sp³-hybridized carbons (Fsp3) is 0.667. The molecule has 1 aliphatic rings. The van der Waals surface area contributed by atoms with Crippen molar-refractivity contribution in [3.63, 3.8) is 0 Å². The van der Waals surface area contributed by atoms with Crippen LogP contribution in [0.25, 0.3) is 0 Å². The Kier molecular flexibility index (Phi) is 5.20. The zero-order chi connectivity index (χ0) is 18.0. The highest BCUT2D eigenvalue weighted by molar-refractivity contribution is 5.76. The van der Waals surface area contributed by atoms with Crippen molar-refractivity contribution in [2.45, 2.75) is 65.3 Å². The highest BCUT2D eigenvalue weighted by Gasteiger charge is 2.29. The van der Waals surface area contributed by atoms with Crippen LogP contribution in [-0.2, 0) is 11.3 Å². The van der Waals surface area contributed by atoms with Crippen LogP contribution in [-0.4, -0.2) is 43.8 Å². The molecule has 3 rings (SSSR count). The van der Waals surface area contributed by atoms with E-state index in [1.807, 2.05) is 24.8 Å². The molecule has 7 nitrogen and oxygen atoms in total. The van der Waals surface area contributed by atoms with Crippen LogP contribution in [0.2, 0.25) is 0 Å². The number of nitrogens with zero attached hydrogens (tertiary/aromatic N) is 5. The molecule has 0 spiro atoms. The quantitative estimate of drug-likeness (QED) is 0.833. The first-order valence-electron chi connectivity index (χ1n) is 9.10. The third-order valence-corrected chi connectivity index (χ3v) is 5.02. The third kappa shape index (κ3) is 3.91. The number of rotatable bonds is 5. The van der Waals surface area contributed by atoms with Gasteiger partial charge in [-0.2, -0.15) is 10.1 Å². The Morgan fingerprint density at radius 2 is 2.24 bits per heavy atom. The maximum atomic E-state index is 12.7. The van der Waals surface area contributed by atoms with Gasteiger partial charge < -0.3 is 9.42 Å². The minimum Gasteiger partial charge on any atom is -0.340 e. The van der Waals surface area contributed by atoms with Crippen molar-refractivity contribution in [2.75, 3.05) is 13.1 Å². The van der Waals surface area contributed by atoms with E-state index in [2.05, 4.69) is 29.1 Å². The van der Waals surface area contributed by atoms with Crippen LogP contribution in [0.3, 0.4) is 0 Å². The third-order valence-electron chi connectivity index (χ3n) is 5.02. The van der Waals surface area contributed by atoms with Crippen molar-refractivity contribution < 1.29 is 9.32 Å². The smallest absolute Gasteiger partial charge is 0.244 e. The van der Waals surface area contributed by atoms with E-state index >= 15 is 0 Å². The van der Waals surface area contributed by atoms with Crippen LogP contribution in [0, 0.1) is 13.8 Å². The Labute approximate surface area is 148 Å². The van der Waals surface area contributed by atoms with E-state index < -0.39 is 0 Å². The van der Waals surface area contributed by atoms with Gasteiger partial charge in [-0.1, -0.05) is 19.0 Å². The van der Waals surface area contributed by atoms with Crippen molar-refractivity contribution in [3.05, 3.63) is 29.2 Å². The fourth-order valence-corrected chi connectivity index (χ4v) is 3.26. The molecule has 3 heterocycles. The van der Waals surface area contributed by atoms with E-state index in [0.29, 0.717) is 18.4 Å². The van der Waals surface area contributed by atoms with Gasteiger partial charge in [-0.25, -0.2) is 0 Å². The van der Waals surface area contributed by atoms with Crippen molar-refractivity contribution in [1.82, 2.24) is 24.8 Å². The first-order chi connectivity index (χ1) is 12.0. The van der Waals surface area contributed by atoms with Gasteiger partial charge in [-0.15, -0.1) is 0 Å². The number of aryl methyl sites for hydroxylation is 2. The van der Waals surface area contributed by atoms with Crippen LogP contribution in [0.15, 0.2) is 10.6 Å². The summed E-state index contributed by atoms with van der Waals surface area (Å²) in [6.07, 6.45) is 2.91. The predicted molar refractivity (Wildman–Crippen MR) is 93.3 cm³/mol. The Morgan fingerprint density at radius 1 is 1.44 bits per heavy atom. The maximum absolute atomic E-state index is 12.7. The molecule has 2 aromatic heterocycles. The summed E-state index contributed by atoms with van der Waals surface area (Å²) >= 11 is 0. The molecule has 1 fully saturated rings. The van der Waals surface area contributed by atoms with Crippen LogP contribution >= 0.6 is 0 Å². The number of hydrogen-bond donors (Lipinski definition) is 0. The van der Waals surface area contributed by atoms with Crippen molar-refractivity contribution in [3.8, 4) is 0 Å². The Balaban J connectivity index is 1.65. The molecule has 0 radical (unpaired) electrons. The van der Waals surface area contributed by atoms with Gasteiger partial charge in [0.1, 0.15) is 6.54 Å². The summed E-state index contributed by atoms with van der Waals surface area (Å²) in [5, 5.41) is 8.49. The maximum Gasteiger partial charge on any atom is 0.244 e. The molecule has 0 N–H and O–H groups in total.